The maximum absolute atomic E-state index is 13.9. The molecule has 20 heavy (non-hydrogen) atoms. The van der Waals surface area contributed by atoms with E-state index in [0.717, 1.165) is 9.36 Å². The van der Waals surface area contributed by atoms with Gasteiger partial charge in [-0.1, -0.05) is 0 Å². The molecule has 0 fully saturated rings. The smallest absolute Gasteiger partial charge is 0.368 e. The van der Waals surface area contributed by atoms with Crippen molar-refractivity contribution in [1.82, 2.24) is 19.8 Å². The lowest BCUT2D eigenvalue weighted by Gasteiger charge is -2.06. The summed E-state index contributed by atoms with van der Waals surface area (Å²) in [6.07, 6.45) is 0.144. The Labute approximate surface area is 121 Å². The Hall–Kier alpha value is -1.77. The number of hydrogen-bond donors (Lipinski definition) is 0. The van der Waals surface area contributed by atoms with Crippen LogP contribution >= 0.6 is 15.9 Å². The van der Waals surface area contributed by atoms with Gasteiger partial charge >= 0.3 is 5.69 Å². The van der Waals surface area contributed by atoms with E-state index in [1.165, 1.54) is 19.2 Å². The van der Waals surface area contributed by atoms with E-state index in [1.807, 2.05) is 0 Å². The van der Waals surface area contributed by atoms with E-state index in [4.69, 9.17) is 4.74 Å². The van der Waals surface area contributed by atoms with Crippen LogP contribution in [0.1, 0.15) is 6.42 Å². The molecule has 0 amide bonds. The van der Waals surface area contributed by atoms with Crippen molar-refractivity contribution in [1.29, 1.82) is 0 Å². The number of tetrazole rings is 1. The number of benzene rings is 1. The Balaban J connectivity index is 2.47. The summed E-state index contributed by atoms with van der Waals surface area (Å²) in [5.74, 6) is -0.302. The van der Waals surface area contributed by atoms with E-state index < -0.39 is 18.2 Å². The van der Waals surface area contributed by atoms with E-state index in [1.54, 1.807) is 0 Å². The van der Waals surface area contributed by atoms with Crippen molar-refractivity contribution in [3.05, 3.63) is 32.9 Å². The normalized spacial score (nSPS) is 10.8. The molecule has 0 aliphatic heterocycles. The fourth-order valence-electron chi connectivity index (χ4n) is 1.61. The SMILES string of the molecule is COc1cc(-n2nnn(CCCF)c2=O)c(F)cc1Br. The summed E-state index contributed by atoms with van der Waals surface area (Å²) in [5, 5.41) is 7.17. The lowest BCUT2D eigenvalue weighted by atomic mass is 10.3. The van der Waals surface area contributed by atoms with Gasteiger partial charge in [0.05, 0.1) is 24.8 Å². The highest BCUT2D eigenvalue weighted by Crippen LogP contribution is 2.28. The molecule has 0 saturated carbocycles. The molecule has 0 atom stereocenters. The topological polar surface area (TPSA) is 61.9 Å². The van der Waals surface area contributed by atoms with E-state index in [2.05, 4.69) is 26.4 Å². The molecule has 2 rings (SSSR count). The summed E-state index contributed by atoms with van der Waals surface area (Å²) >= 11 is 3.14. The van der Waals surface area contributed by atoms with Crippen molar-refractivity contribution in [2.75, 3.05) is 13.8 Å². The van der Waals surface area contributed by atoms with Crippen LogP contribution in [0.3, 0.4) is 0 Å². The second-order valence-corrected chi connectivity index (χ2v) is 4.73. The maximum Gasteiger partial charge on any atom is 0.368 e. The molecule has 0 saturated heterocycles. The maximum atomic E-state index is 13.9. The second kappa shape index (κ2) is 6.12. The van der Waals surface area contributed by atoms with Crippen LogP contribution in [0.2, 0.25) is 0 Å². The number of methoxy groups -OCH3 is 1. The molecular formula is C11H11BrF2N4O2. The molecular weight excluding hydrogens is 338 g/mol. The molecule has 0 spiro atoms. The largest absolute Gasteiger partial charge is 0.495 e. The Bertz CT molecular complexity index is 671. The van der Waals surface area contributed by atoms with Crippen molar-refractivity contribution in [3.63, 3.8) is 0 Å². The Morgan fingerprint density at radius 1 is 1.40 bits per heavy atom. The number of halogens is 3. The minimum Gasteiger partial charge on any atom is -0.495 e. The van der Waals surface area contributed by atoms with Crippen LogP contribution in [0.15, 0.2) is 21.4 Å². The number of ether oxygens (including phenoxy) is 1. The number of alkyl halides is 1. The minimum absolute atomic E-state index is 0.0819. The van der Waals surface area contributed by atoms with Gasteiger partial charge in [-0.05, 0) is 38.8 Å². The standard InChI is InChI=1S/C11H11BrF2N4O2/c1-20-10-6-9(8(14)5-7(10)12)18-11(19)17(15-16-18)4-2-3-13/h5-6H,2-4H2,1H3. The monoisotopic (exact) mass is 348 g/mol. The lowest BCUT2D eigenvalue weighted by molar-refractivity contribution is 0.410. The highest BCUT2D eigenvalue weighted by atomic mass is 79.9. The minimum atomic E-state index is -0.655. The molecule has 108 valence electrons. The van der Waals surface area contributed by atoms with Crippen LogP contribution in [-0.4, -0.2) is 33.6 Å². The Kier molecular flexibility index (Phi) is 4.48. The van der Waals surface area contributed by atoms with Crippen molar-refractivity contribution in [3.8, 4) is 11.4 Å². The molecule has 6 nitrogen and oxygen atoms in total. The number of aryl methyl sites for hydroxylation is 1. The highest BCUT2D eigenvalue weighted by Gasteiger charge is 2.15. The van der Waals surface area contributed by atoms with Gasteiger partial charge < -0.3 is 4.74 Å². The highest BCUT2D eigenvalue weighted by molar-refractivity contribution is 9.10. The van der Waals surface area contributed by atoms with Crippen molar-refractivity contribution < 1.29 is 13.5 Å². The van der Waals surface area contributed by atoms with Gasteiger partial charge in [-0.3, -0.25) is 4.39 Å². The second-order valence-electron chi connectivity index (χ2n) is 3.88. The van der Waals surface area contributed by atoms with Crippen LogP contribution < -0.4 is 10.4 Å². The average molecular weight is 349 g/mol. The number of nitrogens with zero attached hydrogens (tertiary/aromatic N) is 4. The van der Waals surface area contributed by atoms with Crippen LogP contribution in [-0.2, 0) is 6.54 Å². The van der Waals surface area contributed by atoms with E-state index >= 15 is 0 Å². The number of aromatic nitrogens is 4. The summed E-state index contributed by atoms with van der Waals surface area (Å²) in [6.45, 7) is -0.482. The van der Waals surface area contributed by atoms with Gasteiger partial charge in [0, 0.05) is 6.07 Å². The fraction of sp³-hybridized carbons (Fsp3) is 0.364. The predicted molar refractivity (Wildman–Crippen MR) is 70.4 cm³/mol. The van der Waals surface area contributed by atoms with E-state index in [9.17, 15) is 13.6 Å². The van der Waals surface area contributed by atoms with E-state index in [-0.39, 0.29) is 18.7 Å². The molecule has 0 aliphatic rings. The van der Waals surface area contributed by atoms with Gasteiger partial charge in [0.25, 0.3) is 0 Å². The third-order valence-electron chi connectivity index (χ3n) is 2.59. The summed E-state index contributed by atoms with van der Waals surface area (Å²) in [7, 11) is 1.42. The number of rotatable bonds is 5. The molecule has 0 N–H and O–H groups in total. The van der Waals surface area contributed by atoms with Gasteiger partial charge in [-0.25, -0.2) is 9.18 Å². The van der Waals surface area contributed by atoms with Gasteiger partial charge in [0.15, 0.2) is 5.82 Å². The molecule has 2 aromatic rings. The molecule has 9 heteroatoms. The summed E-state index contributed by atoms with van der Waals surface area (Å²) in [6, 6.07) is 2.50. The fourth-order valence-corrected chi connectivity index (χ4v) is 2.09. The van der Waals surface area contributed by atoms with Crippen molar-refractivity contribution >= 4 is 15.9 Å². The molecule has 0 radical (unpaired) electrons. The molecule has 0 unspecified atom stereocenters. The Morgan fingerprint density at radius 2 is 2.15 bits per heavy atom. The first-order valence-electron chi connectivity index (χ1n) is 5.70. The quantitative estimate of drug-likeness (QED) is 0.824. The third-order valence-corrected chi connectivity index (χ3v) is 3.21. The molecule has 0 bridgehead atoms. The molecule has 0 aliphatic carbocycles. The first-order chi connectivity index (χ1) is 9.58. The number of hydrogen-bond acceptors (Lipinski definition) is 4. The summed E-state index contributed by atoms with van der Waals surface area (Å²) in [5.41, 5.74) is -0.719. The summed E-state index contributed by atoms with van der Waals surface area (Å²) in [4.78, 5) is 12.0. The van der Waals surface area contributed by atoms with Crippen LogP contribution in [0.5, 0.6) is 5.75 Å². The van der Waals surface area contributed by atoms with Gasteiger partial charge in [-0.2, -0.15) is 9.36 Å². The molecule has 1 aromatic heterocycles. The van der Waals surface area contributed by atoms with Crippen LogP contribution in [0, 0.1) is 5.82 Å². The van der Waals surface area contributed by atoms with E-state index in [0.29, 0.717) is 10.2 Å². The van der Waals surface area contributed by atoms with Gasteiger partial charge in [0.1, 0.15) is 11.4 Å². The summed E-state index contributed by atoms with van der Waals surface area (Å²) < 4.78 is 33.3. The zero-order chi connectivity index (χ0) is 14.7. The first kappa shape index (κ1) is 14.6. The molecule has 1 aromatic carbocycles. The van der Waals surface area contributed by atoms with Gasteiger partial charge in [0.2, 0.25) is 0 Å². The third kappa shape index (κ3) is 2.72. The first-order valence-corrected chi connectivity index (χ1v) is 6.50. The lowest BCUT2D eigenvalue weighted by Crippen LogP contribution is -2.25. The predicted octanol–water partition coefficient (Wildman–Crippen LogP) is 1.70. The van der Waals surface area contributed by atoms with Crippen LogP contribution in [0.25, 0.3) is 5.69 Å². The molecule has 1 heterocycles. The Morgan fingerprint density at radius 3 is 2.80 bits per heavy atom. The van der Waals surface area contributed by atoms with Crippen LogP contribution in [0.4, 0.5) is 8.78 Å². The zero-order valence-electron chi connectivity index (χ0n) is 10.5. The van der Waals surface area contributed by atoms with Crippen molar-refractivity contribution in [2.24, 2.45) is 0 Å². The van der Waals surface area contributed by atoms with Gasteiger partial charge in [-0.15, -0.1) is 0 Å². The zero-order valence-corrected chi connectivity index (χ0v) is 12.1. The van der Waals surface area contributed by atoms with Crippen molar-refractivity contribution in [2.45, 2.75) is 13.0 Å². The average Bonchev–Trinajstić information content (AvgIpc) is 2.78.